The van der Waals surface area contributed by atoms with Crippen molar-refractivity contribution in [3.05, 3.63) is 0 Å². The summed E-state index contributed by atoms with van der Waals surface area (Å²) in [6.45, 7) is 4.67. The molecule has 0 fully saturated rings. The van der Waals surface area contributed by atoms with Crippen LogP contribution in [-0.2, 0) is 13.9 Å². The van der Waals surface area contributed by atoms with E-state index in [2.05, 4.69) is 18.4 Å². The van der Waals surface area contributed by atoms with Crippen LogP contribution in [0.15, 0.2) is 0 Å². The summed E-state index contributed by atoms with van der Waals surface area (Å²) >= 11 is 0. The first-order valence-electron chi connectivity index (χ1n) is 15.7. The molecule has 3 N–H and O–H groups in total. The second-order valence-corrected chi connectivity index (χ2v) is 11.8. The molecule has 0 unspecified atom stereocenters. The summed E-state index contributed by atoms with van der Waals surface area (Å²) in [5.41, 5.74) is 0. The molecular formula is C30H63O6P. The molecule has 0 aliphatic rings. The lowest BCUT2D eigenvalue weighted by atomic mass is 10.0. The predicted octanol–water partition coefficient (Wildman–Crippen LogP) is 10.3. The Balaban J connectivity index is 0. The maximum Gasteiger partial charge on any atom is 0.469 e. The molecule has 0 aromatic carbocycles. The molecule has 37 heavy (non-hydrogen) atoms. The fourth-order valence-corrected chi connectivity index (χ4v) is 4.79. The number of hydrogen-bond acceptors (Lipinski definition) is 3. The van der Waals surface area contributed by atoms with Crippen LogP contribution in [0.4, 0.5) is 0 Å². The second kappa shape index (κ2) is 31.8. The normalized spacial score (nSPS) is 11.4. The van der Waals surface area contributed by atoms with E-state index in [9.17, 15) is 9.36 Å². The molecule has 0 atom stereocenters. The largest absolute Gasteiger partial charge is 0.481 e. The van der Waals surface area contributed by atoms with Crippen LogP contribution in [0.25, 0.3) is 0 Å². The smallest absolute Gasteiger partial charge is 0.469 e. The molecular weight excluding hydrogens is 487 g/mol. The van der Waals surface area contributed by atoms with Crippen LogP contribution in [0, 0.1) is 0 Å². The number of aliphatic carboxylic acids is 1. The summed E-state index contributed by atoms with van der Waals surface area (Å²) in [6.07, 6.45) is 32.1. The highest BCUT2D eigenvalue weighted by molar-refractivity contribution is 7.46. The molecule has 7 heteroatoms. The molecule has 0 aliphatic carbocycles. The monoisotopic (exact) mass is 550 g/mol. The summed E-state index contributed by atoms with van der Waals surface area (Å²) in [7, 11) is -4.25. The topological polar surface area (TPSA) is 104 Å². The minimum atomic E-state index is -4.25. The Morgan fingerprint density at radius 2 is 0.784 bits per heavy atom. The minimum Gasteiger partial charge on any atom is -0.481 e. The fourth-order valence-electron chi connectivity index (χ4n) is 4.42. The molecule has 0 bridgehead atoms. The zero-order valence-corrected chi connectivity index (χ0v) is 25.5. The molecule has 0 saturated carbocycles. The first kappa shape index (κ1) is 38.7. The number of hydrogen-bond donors (Lipinski definition) is 3. The zero-order valence-electron chi connectivity index (χ0n) is 24.6. The molecule has 224 valence electrons. The van der Waals surface area contributed by atoms with Crippen molar-refractivity contribution in [1.82, 2.24) is 0 Å². The molecule has 0 rings (SSSR count). The molecule has 6 nitrogen and oxygen atoms in total. The quantitative estimate of drug-likeness (QED) is 0.0661. The Kier molecular flexibility index (Phi) is 33.3. The Labute approximate surface area is 230 Å². The summed E-state index contributed by atoms with van der Waals surface area (Å²) in [4.78, 5) is 27.3. The van der Waals surface area contributed by atoms with Gasteiger partial charge in [0, 0.05) is 6.42 Å². The van der Waals surface area contributed by atoms with Gasteiger partial charge in [0.1, 0.15) is 0 Å². The SMILES string of the molecule is CCCCCCCCCCCCCC(=O)O.CCCCCCCCCCCCCCCCOP(=O)(O)O. The van der Waals surface area contributed by atoms with Gasteiger partial charge in [0.05, 0.1) is 6.61 Å². The Morgan fingerprint density at radius 3 is 1.05 bits per heavy atom. The van der Waals surface area contributed by atoms with Crippen molar-refractivity contribution in [2.24, 2.45) is 0 Å². The van der Waals surface area contributed by atoms with Crippen LogP contribution in [0.1, 0.15) is 181 Å². The molecule has 0 heterocycles. The average Bonchev–Trinajstić information content (AvgIpc) is 2.84. The molecule has 0 spiro atoms. The van der Waals surface area contributed by atoms with Gasteiger partial charge >= 0.3 is 13.8 Å². The number of carboxylic acids is 1. The Morgan fingerprint density at radius 1 is 0.514 bits per heavy atom. The maximum absolute atomic E-state index is 10.4. The van der Waals surface area contributed by atoms with E-state index < -0.39 is 13.8 Å². The van der Waals surface area contributed by atoms with Gasteiger partial charge in [0.15, 0.2) is 0 Å². The van der Waals surface area contributed by atoms with Crippen LogP contribution in [0.5, 0.6) is 0 Å². The Hall–Kier alpha value is -0.420. The molecule has 0 aromatic heterocycles. The molecule has 0 radical (unpaired) electrons. The average molecular weight is 551 g/mol. The summed E-state index contributed by atoms with van der Waals surface area (Å²) in [6, 6.07) is 0. The minimum absolute atomic E-state index is 0.169. The third kappa shape index (κ3) is 42.9. The van der Waals surface area contributed by atoms with E-state index in [0.717, 1.165) is 32.1 Å². The summed E-state index contributed by atoms with van der Waals surface area (Å²) in [5, 5.41) is 8.46. The van der Waals surface area contributed by atoms with Crippen LogP contribution >= 0.6 is 7.82 Å². The van der Waals surface area contributed by atoms with Gasteiger partial charge in [0.25, 0.3) is 0 Å². The van der Waals surface area contributed by atoms with Crippen molar-refractivity contribution in [3.63, 3.8) is 0 Å². The number of unbranched alkanes of at least 4 members (excludes halogenated alkanes) is 23. The van der Waals surface area contributed by atoms with Crippen LogP contribution in [-0.4, -0.2) is 27.5 Å². The van der Waals surface area contributed by atoms with E-state index in [-0.39, 0.29) is 6.61 Å². The van der Waals surface area contributed by atoms with Gasteiger partial charge in [0.2, 0.25) is 0 Å². The first-order valence-corrected chi connectivity index (χ1v) is 17.3. The Bertz CT molecular complexity index is 494. The third-order valence-electron chi connectivity index (χ3n) is 6.75. The van der Waals surface area contributed by atoms with Crippen molar-refractivity contribution in [3.8, 4) is 0 Å². The third-order valence-corrected chi connectivity index (χ3v) is 7.27. The highest BCUT2D eigenvalue weighted by Crippen LogP contribution is 2.35. The second-order valence-electron chi connectivity index (χ2n) is 10.6. The van der Waals surface area contributed by atoms with Gasteiger partial charge in [-0.05, 0) is 12.8 Å². The zero-order chi connectivity index (χ0) is 27.9. The lowest BCUT2D eigenvalue weighted by molar-refractivity contribution is -0.137. The number of rotatable bonds is 28. The molecule has 0 amide bonds. The van der Waals surface area contributed by atoms with Gasteiger partial charge in [-0.3, -0.25) is 9.32 Å². The van der Waals surface area contributed by atoms with E-state index in [0.29, 0.717) is 6.42 Å². The van der Waals surface area contributed by atoms with E-state index in [1.807, 2.05) is 0 Å². The molecule has 0 aromatic rings. The van der Waals surface area contributed by atoms with Crippen LogP contribution in [0.3, 0.4) is 0 Å². The van der Waals surface area contributed by atoms with E-state index in [1.165, 1.54) is 128 Å². The van der Waals surface area contributed by atoms with Crippen molar-refractivity contribution in [2.45, 2.75) is 181 Å². The van der Waals surface area contributed by atoms with Crippen LogP contribution in [0.2, 0.25) is 0 Å². The summed E-state index contributed by atoms with van der Waals surface area (Å²) in [5.74, 6) is -0.657. The first-order chi connectivity index (χ1) is 17.8. The summed E-state index contributed by atoms with van der Waals surface area (Å²) < 4.78 is 14.8. The molecule has 0 saturated heterocycles. The lowest BCUT2D eigenvalue weighted by Gasteiger charge is -2.05. The van der Waals surface area contributed by atoms with Gasteiger partial charge in [-0.2, -0.15) is 0 Å². The number of phosphoric ester groups is 1. The maximum atomic E-state index is 10.4. The molecule has 0 aliphatic heterocycles. The highest BCUT2D eigenvalue weighted by Gasteiger charge is 2.12. The lowest BCUT2D eigenvalue weighted by Crippen LogP contribution is -1.93. The van der Waals surface area contributed by atoms with E-state index >= 15 is 0 Å². The van der Waals surface area contributed by atoms with Gasteiger partial charge in [-0.1, -0.05) is 162 Å². The standard InChI is InChI=1S/C16H35O4P.C14H28O2/c1-2-3-4-5-6-7-8-9-10-11-12-13-14-15-16-20-21(17,18)19;1-2-3-4-5-6-7-8-9-10-11-12-13-14(15)16/h2-16H2,1H3,(H2,17,18,19);2-13H2,1H3,(H,15,16). The van der Waals surface area contributed by atoms with Crippen molar-refractivity contribution < 1.29 is 28.8 Å². The van der Waals surface area contributed by atoms with Crippen LogP contribution < -0.4 is 0 Å². The van der Waals surface area contributed by atoms with Crippen molar-refractivity contribution in [2.75, 3.05) is 6.61 Å². The number of phosphoric acid groups is 1. The number of carboxylic acid groups (broad SMARTS) is 1. The van der Waals surface area contributed by atoms with Crippen molar-refractivity contribution >= 4 is 13.8 Å². The van der Waals surface area contributed by atoms with E-state index in [4.69, 9.17) is 14.9 Å². The fraction of sp³-hybridized carbons (Fsp3) is 0.967. The van der Waals surface area contributed by atoms with Gasteiger partial charge < -0.3 is 14.9 Å². The van der Waals surface area contributed by atoms with Gasteiger partial charge in [-0.25, -0.2) is 4.57 Å². The predicted molar refractivity (Wildman–Crippen MR) is 157 cm³/mol. The van der Waals surface area contributed by atoms with Gasteiger partial charge in [-0.15, -0.1) is 0 Å². The van der Waals surface area contributed by atoms with Crippen molar-refractivity contribution in [1.29, 1.82) is 0 Å². The van der Waals surface area contributed by atoms with E-state index in [1.54, 1.807) is 0 Å². The number of carbonyl (C=O) groups is 1. The highest BCUT2D eigenvalue weighted by atomic mass is 31.2.